The molecule has 4 aromatic rings. The molecule has 1 aliphatic rings. The number of benzene rings is 1. The molecule has 9 nitrogen and oxygen atoms in total. The van der Waals surface area contributed by atoms with Crippen LogP contribution in [0.4, 0.5) is 5.95 Å². The van der Waals surface area contributed by atoms with Crippen molar-refractivity contribution >= 4 is 44.3 Å². The zero-order valence-electron chi connectivity index (χ0n) is 14.2. The molecule has 10 heteroatoms. The number of carbonyl (C=O) groups excluding carboxylic acids is 1. The van der Waals surface area contributed by atoms with Crippen molar-refractivity contribution in [2.24, 2.45) is 0 Å². The Balaban J connectivity index is 1.69. The van der Waals surface area contributed by atoms with Crippen molar-refractivity contribution in [3.63, 3.8) is 0 Å². The predicted molar refractivity (Wildman–Crippen MR) is 106 cm³/mol. The summed E-state index contributed by atoms with van der Waals surface area (Å²) >= 11 is 3.29. The van der Waals surface area contributed by atoms with Gasteiger partial charge in [-0.3, -0.25) is 4.79 Å². The maximum atomic E-state index is 12.2. The summed E-state index contributed by atoms with van der Waals surface area (Å²) in [4.78, 5) is 21.5. The van der Waals surface area contributed by atoms with Gasteiger partial charge in [0.1, 0.15) is 5.70 Å². The lowest BCUT2D eigenvalue weighted by Gasteiger charge is -2.10. The molecular formula is C18H12BrN7O2. The van der Waals surface area contributed by atoms with Crippen LogP contribution in [0, 0.1) is 0 Å². The van der Waals surface area contributed by atoms with Crippen molar-refractivity contribution in [2.75, 3.05) is 5.32 Å². The van der Waals surface area contributed by atoms with Gasteiger partial charge in [-0.2, -0.15) is 4.52 Å². The molecule has 0 saturated carbocycles. The topological polar surface area (TPSA) is 109 Å². The Morgan fingerprint density at radius 3 is 2.86 bits per heavy atom. The Kier molecular flexibility index (Phi) is 3.83. The summed E-state index contributed by atoms with van der Waals surface area (Å²) in [6.45, 7) is 0. The molecule has 0 atom stereocenters. The molecule has 1 aromatic carbocycles. The standard InChI is InChI=1S/C18H12BrN7O2/c19-14-6-5-13(28-14)15-24-16-10-3-1-2-4-11(10)22-18(26(16)25-15)23-12-9-20-7-8-21-17(12)27/h1-9,20H,(H,21,27)(H,22,23). The van der Waals surface area contributed by atoms with Gasteiger partial charge in [-0.25, -0.2) is 9.97 Å². The van der Waals surface area contributed by atoms with Crippen LogP contribution >= 0.6 is 15.9 Å². The molecule has 1 amide bonds. The molecule has 0 radical (unpaired) electrons. The van der Waals surface area contributed by atoms with Gasteiger partial charge in [-0.15, -0.1) is 5.10 Å². The third-order valence-corrected chi connectivity index (χ3v) is 4.51. The van der Waals surface area contributed by atoms with Gasteiger partial charge in [0.25, 0.3) is 5.91 Å². The summed E-state index contributed by atoms with van der Waals surface area (Å²) in [5.41, 5.74) is 1.60. The Hall–Kier alpha value is -3.66. The summed E-state index contributed by atoms with van der Waals surface area (Å²) in [6.07, 6.45) is 4.67. The van der Waals surface area contributed by atoms with E-state index in [0.717, 1.165) is 10.9 Å². The van der Waals surface area contributed by atoms with Crippen molar-refractivity contribution in [2.45, 2.75) is 0 Å². The van der Waals surface area contributed by atoms with Crippen LogP contribution in [0.15, 0.2) is 69.8 Å². The fourth-order valence-corrected chi connectivity index (χ4v) is 3.14. The lowest BCUT2D eigenvalue weighted by Crippen LogP contribution is -2.24. The molecule has 28 heavy (non-hydrogen) atoms. The first-order valence-electron chi connectivity index (χ1n) is 8.29. The third kappa shape index (κ3) is 2.79. The monoisotopic (exact) mass is 437 g/mol. The van der Waals surface area contributed by atoms with E-state index in [2.05, 4.69) is 46.9 Å². The third-order valence-electron chi connectivity index (χ3n) is 4.09. The van der Waals surface area contributed by atoms with E-state index in [1.54, 1.807) is 29.0 Å². The van der Waals surface area contributed by atoms with Crippen molar-refractivity contribution < 1.29 is 9.21 Å². The van der Waals surface area contributed by atoms with Gasteiger partial charge in [0, 0.05) is 24.0 Å². The van der Waals surface area contributed by atoms with Crippen LogP contribution in [-0.4, -0.2) is 25.5 Å². The zero-order valence-corrected chi connectivity index (χ0v) is 15.8. The van der Waals surface area contributed by atoms with Crippen LogP contribution in [0.25, 0.3) is 28.1 Å². The number of anilines is 1. The number of halogens is 1. The normalized spacial score (nSPS) is 13.9. The molecule has 1 aliphatic heterocycles. The molecule has 0 spiro atoms. The predicted octanol–water partition coefficient (Wildman–Crippen LogP) is 2.74. The SMILES string of the molecule is O=C1NC=CNC=C1Nc1nc2ccccc2c2nc(-c3ccc(Br)o3)nn12. The van der Waals surface area contributed by atoms with Gasteiger partial charge in [-0.05, 0) is 40.2 Å². The number of nitrogens with zero attached hydrogens (tertiary/aromatic N) is 4. The first-order valence-corrected chi connectivity index (χ1v) is 9.09. The molecular weight excluding hydrogens is 426 g/mol. The number of amides is 1. The minimum atomic E-state index is -0.306. The number of nitrogens with one attached hydrogen (secondary N) is 3. The molecule has 138 valence electrons. The zero-order chi connectivity index (χ0) is 19.1. The summed E-state index contributed by atoms with van der Waals surface area (Å²) in [7, 11) is 0. The van der Waals surface area contributed by atoms with E-state index in [1.165, 1.54) is 6.20 Å². The second-order valence-electron chi connectivity index (χ2n) is 5.88. The van der Waals surface area contributed by atoms with Gasteiger partial charge in [0.2, 0.25) is 11.8 Å². The highest BCUT2D eigenvalue weighted by atomic mass is 79.9. The largest absolute Gasteiger partial charge is 0.446 e. The average molecular weight is 438 g/mol. The summed E-state index contributed by atoms with van der Waals surface area (Å²) in [5.74, 6) is 0.969. The number of furan rings is 1. The van der Waals surface area contributed by atoms with E-state index in [9.17, 15) is 4.79 Å². The quantitative estimate of drug-likeness (QED) is 0.451. The fraction of sp³-hybridized carbons (Fsp3) is 0. The first kappa shape index (κ1) is 16.5. The fourth-order valence-electron chi connectivity index (χ4n) is 2.83. The molecule has 3 aromatic heterocycles. The van der Waals surface area contributed by atoms with Gasteiger partial charge in [0.05, 0.1) is 5.52 Å². The Morgan fingerprint density at radius 2 is 2.00 bits per heavy atom. The number of para-hydroxylation sites is 1. The Bertz CT molecular complexity index is 1290. The van der Waals surface area contributed by atoms with E-state index >= 15 is 0 Å². The maximum Gasteiger partial charge on any atom is 0.273 e. The Morgan fingerprint density at radius 1 is 1.11 bits per heavy atom. The molecule has 4 heterocycles. The van der Waals surface area contributed by atoms with E-state index in [0.29, 0.717) is 27.8 Å². The second kappa shape index (κ2) is 6.50. The first-order chi connectivity index (χ1) is 13.7. The van der Waals surface area contributed by atoms with Crippen LogP contribution in [0.5, 0.6) is 0 Å². The highest BCUT2D eigenvalue weighted by molar-refractivity contribution is 9.10. The lowest BCUT2D eigenvalue weighted by atomic mass is 10.2. The van der Waals surface area contributed by atoms with Crippen LogP contribution in [0.1, 0.15) is 0 Å². The number of rotatable bonds is 3. The smallest absolute Gasteiger partial charge is 0.273 e. The number of fused-ring (bicyclic) bond motifs is 3. The molecule has 0 aliphatic carbocycles. The van der Waals surface area contributed by atoms with Gasteiger partial charge < -0.3 is 20.4 Å². The Labute approximate surface area is 166 Å². The second-order valence-corrected chi connectivity index (χ2v) is 6.67. The number of aromatic nitrogens is 4. The van der Waals surface area contributed by atoms with Crippen LogP contribution < -0.4 is 16.0 Å². The average Bonchev–Trinajstić information content (AvgIpc) is 3.28. The van der Waals surface area contributed by atoms with E-state index in [-0.39, 0.29) is 11.6 Å². The summed E-state index contributed by atoms with van der Waals surface area (Å²) < 4.78 is 7.72. The van der Waals surface area contributed by atoms with E-state index in [4.69, 9.17) is 4.42 Å². The number of hydrogen-bond donors (Lipinski definition) is 3. The highest BCUT2D eigenvalue weighted by Crippen LogP contribution is 2.27. The van der Waals surface area contributed by atoms with Crippen molar-refractivity contribution in [1.29, 1.82) is 0 Å². The van der Waals surface area contributed by atoms with Crippen molar-refractivity contribution in [1.82, 2.24) is 30.2 Å². The van der Waals surface area contributed by atoms with E-state index < -0.39 is 0 Å². The van der Waals surface area contributed by atoms with Crippen molar-refractivity contribution in [3.8, 4) is 11.6 Å². The van der Waals surface area contributed by atoms with Crippen LogP contribution in [0.3, 0.4) is 0 Å². The van der Waals surface area contributed by atoms with Gasteiger partial charge in [-0.1, -0.05) is 12.1 Å². The molecule has 0 fully saturated rings. The molecule has 0 unspecified atom stereocenters. The van der Waals surface area contributed by atoms with Crippen LogP contribution in [0.2, 0.25) is 0 Å². The summed E-state index contributed by atoms with van der Waals surface area (Å²) in [5, 5.41) is 13.9. The van der Waals surface area contributed by atoms with Gasteiger partial charge >= 0.3 is 0 Å². The van der Waals surface area contributed by atoms with E-state index in [1.807, 2.05) is 24.3 Å². The number of hydrogen-bond acceptors (Lipinski definition) is 7. The molecule has 0 saturated heterocycles. The van der Waals surface area contributed by atoms with Gasteiger partial charge in [0.15, 0.2) is 16.1 Å². The minimum Gasteiger partial charge on any atom is -0.446 e. The molecule has 5 rings (SSSR count). The summed E-state index contributed by atoms with van der Waals surface area (Å²) in [6, 6.07) is 11.1. The lowest BCUT2D eigenvalue weighted by molar-refractivity contribution is -0.116. The van der Waals surface area contributed by atoms with Crippen molar-refractivity contribution in [3.05, 3.63) is 65.4 Å². The maximum absolute atomic E-state index is 12.2. The molecule has 0 bridgehead atoms. The number of carbonyl (C=O) groups is 1. The molecule has 3 N–H and O–H groups in total. The minimum absolute atomic E-state index is 0.284. The van der Waals surface area contributed by atoms with Crippen LogP contribution in [-0.2, 0) is 4.79 Å². The highest BCUT2D eigenvalue weighted by Gasteiger charge is 2.19.